The summed E-state index contributed by atoms with van der Waals surface area (Å²) in [6.45, 7) is 5.49. The van der Waals surface area contributed by atoms with Gasteiger partial charge in [0.05, 0.1) is 19.3 Å². The van der Waals surface area contributed by atoms with Crippen molar-refractivity contribution in [3.63, 3.8) is 0 Å². The van der Waals surface area contributed by atoms with Crippen LogP contribution in [0.5, 0.6) is 5.75 Å². The molecule has 1 aromatic carbocycles. The first-order chi connectivity index (χ1) is 11.0. The molecule has 1 heterocycles. The Bertz CT molecular complexity index is 717. The second kappa shape index (κ2) is 7.00. The number of H-pyrrole nitrogens is 1. The smallest absolute Gasteiger partial charge is 0.355 e. The van der Waals surface area contributed by atoms with Gasteiger partial charge in [0.15, 0.2) is 0 Å². The summed E-state index contributed by atoms with van der Waals surface area (Å²) in [7, 11) is 1.58. The van der Waals surface area contributed by atoms with Crippen LogP contribution in [0.15, 0.2) is 24.3 Å². The van der Waals surface area contributed by atoms with Gasteiger partial charge in [0.2, 0.25) is 0 Å². The quantitative estimate of drug-likeness (QED) is 0.831. The number of esters is 1. The van der Waals surface area contributed by atoms with Crippen molar-refractivity contribution in [2.75, 3.05) is 19.0 Å². The molecule has 2 aromatic rings. The summed E-state index contributed by atoms with van der Waals surface area (Å²) in [5, 5.41) is 2.81. The molecule has 0 saturated heterocycles. The zero-order chi connectivity index (χ0) is 17.0. The van der Waals surface area contributed by atoms with Gasteiger partial charge in [-0.25, -0.2) is 4.79 Å². The number of anilines is 1. The van der Waals surface area contributed by atoms with Crippen molar-refractivity contribution in [3.05, 3.63) is 46.8 Å². The Labute approximate surface area is 134 Å². The number of carbonyl (C=O) groups is 2. The van der Waals surface area contributed by atoms with Gasteiger partial charge >= 0.3 is 5.97 Å². The molecule has 2 rings (SSSR count). The highest BCUT2D eigenvalue weighted by molar-refractivity contribution is 6.08. The number of rotatable bonds is 5. The van der Waals surface area contributed by atoms with Gasteiger partial charge in [-0.2, -0.15) is 0 Å². The number of aromatic amines is 1. The molecule has 0 aliphatic rings. The van der Waals surface area contributed by atoms with E-state index in [-0.39, 0.29) is 12.5 Å². The number of amides is 1. The predicted octanol–water partition coefficient (Wildman–Crippen LogP) is 3.07. The number of hydrogen-bond donors (Lipinski definition) is 2. The number of aryl methyl sites for hydroxylation is 1. The lowest BCUT2D eigenvalue weighted by Crippen LogP contribution is -2.14. The van der Waals surface area contributed by atoms with Crippen molar-refractivity contribution >= 4 is 17.6 Å². The number of hydrogen-bond acceptors (Lipinski definition) is 4. The molecule has 122 valence electrons. The van der Waals surface area contributed by atoms with Crippen LogP contribution in [0.25, 0.3) is 0 Å². The van der Waals surface area contributed by atoms with Gasteiger partial charge in [0, 0.05) is 11.4 Å². The zero-order valence-electron chi connectivity index (χ0n) is 13.6. The molecule has 0 saturated carbocycles. The normalized spacial score (nSPS) is 10.3. The van der Waals surface area contributed by atoms with E-state index in [1.807, 2.05) is 0 Å². The fourth-order valence-electron chi connectivity index (χ4n) is 2.37. The summed E-state index contributed by atoms with van der Waals surface area (Å²) < 4.78 is 10.1. The van der Waals surface area contributed by atoms with E-state index in [4.69, 9.17) is 9.47 Å². The molecule has 0 atom stereocenters. The largest absolute Gasteiger partial charge is 0.497 e. The molecule has 0 unspecified atom stereocenters. The summed E-state index contributed by atoms with van der Waals surface area (Å²) in [5.74, 6) is -0.0323. The van der Waals surface area contributed by atoms with Gasteiger partial charge in [-0.15, -0.1) is 0 Å². The summed E-state index contributed by atoms with van der Waals surface area (Å²) in [5.41, 5.74) is 2.60. The van der Waals surface area contributed by atoms with Crippen LogP contribution < -0.4 is 10.1 Å². The van der Waals surface area contributed by atoms with E-state index < -0.39 is 5.97 Å². The van der Waals surface area contributed by atoms with Crippen molar-refractivity contribution in [1.29, 1.82) is 0 Å². The molecular weight excluding hydrogens is 296 g/mol. The molecule has 2 N–H and O–H groups in total. The molecular formula is C17H20N2O4. The van der Waals surface area contributed by atoms with E-state index in [0.717, 1.165) is 0 Å². The molecule has 0 radical (unpaired) electrons. The van der Waals surface area contributed by atoms with Crippen LogP contribution in [-0.2, 0) is 4.74 Å². The van der Waals surface area contributed by atoms with Gasteiger partial charge in [-0.3, -0.25) is 4.79 Å². The summed E-state index contributed by atoms with van der Waals surface area (Å²) in [4.78, 5) is 27.3. The number of benzene rings is 1. The van der Waals surface area contributed by atoms with Crippen LogP contribution in [0.4, 0.5) is 5.69 Å². The third-order valence-electron chi connectivity index (χ3n) is 3.49. The number of carbonyl (C=O) groups excluding carboxylic acids is 2. The van der Waals surface area contributed by atoms with Crippen LogP contribution in [0.2, 0.25) is 0 Å². The minimum Gasteiger partial charge on any atom is -0.497 e. The molecule has 23 heavy (non-hydrogen) atoms. The lowest BCUT2D eigenvalue weighted by Gasteiger charge is -2.07. The van der Waals surface area contributed by atoms with Crippen molar-refractivity contribution in [3.8, 4) is 5.75 Å². The highest BCUT2D eigenvalue weighted by atomic mass is 16.5. The van der Waals surface area contributed by atoms with E-state index in [1.54, 1.807) is 52.1 Å². The van der Waals surface area contributed by atoms with Crippen molar-refractivity contribution in [1.82, 2.24) is 4.98 Å². The van der Waals surface area contributed by atoms with Crippen molar-refractivity contribution in [2.24, 2.45) is 0 Å². The Morgan fingerprint density at radius 1 is 1.17 bits per heavy atom. The molecule has 1 aromatic heterocycles. The van der Waals surface area contributed by atoms with E-state index in [2.05, 4.69) is 10.3 Å². The summed E-state index contributed by atoms with van der Waals surface area (Å²) >= 11 is 0. The first-order valence-electron chi connectivity index (χ1n) is 7.29. The maximum absolute atomic E-state index is 12.5. The Morgan fingerprint density at radius 2 is 1.83 bits per heavy atom. The van der Waals surface area contributed by atoms with Crippen LogP contribution in [0.1, 0.15) is 39.0 Å². The second-order valence-electron chi connectivity index (χ2n) is 5.03. The fourth-order valence-corrected chi connectivity index (χ4v) is 2.37. The average molecular weight is 316 g/mol. The van der Waals surface area contributed by atoms with E-state index >= 15 is 0 Å². The van der Waals surface area contributed by atoms with Gasteiger partial charge in [-0.1, -0.05) is 0 Å². The Balaban J connectivity index is 2.23. The third-order valence-corrected chi connectivity index (χ3v) is 3.49. The highest BCUT2D eigenvalue weighted by Gasteiger charge is 2.22. The second-order valence-corrected chi connectivity index (χ2v) is 5.03. The molecule has 6 nitrogen and oxygen atoms in total. The van der Waals surface area contributed by atoms with E-state index in [9.17, 15) is 9.59 Å². The molecule has 6 heteroatoms. The number of methoxy groups -OCH3 is 1. The lowest BCUT2D eigenvalue weighted by atomic mass is 10.1. The summed E-state index contributed by atoms with van der Waals surface area (Å²) in [6, 6.07) is 7.02. The lowest BCUT2D eigenvalue weighted by molar-refractivity contribution is 0.0519. The third kappa shape index (κ3) is 3.53. The van der Waals surface area contributed by atoms with Crippen LogP contribution >= 0.6 is 0 Å². The minimum atomic E-state index is -0.461. The first kappa shape index (κ1) is 16.6. The maximum atomic E-state index is 12.5. The van der Waals surface area contributed by atoms with Crippen LogP contribution in [-0.4, -0.2) is 30.6 Å². The average Bonchev–Trinajstić information content (AvgIpc) is 2.83. The number of aromatic nitrogens is 1. The summed E-state index contributed by atoms with van der Waals surface area (Å²) in [6.07, 6.45) is 0. The van der Waals surface area contributed by atoms with Gasteiger partial charge in [0.1, 0.15) is 11.4 Å². The van der Waals surface area contributed by atoms with Gasteiger partial charge < -0.3 is 19.8 Å². The van der Waals surface area contributed by atoms with Crippen molar-refractivity contribution in [2.45, 2.75) is 20.8 Å². The molecule has 1 amide bonds. The highest BCUT2D eigenvalue weighted by Crippen LogP contribution is 2.21. The Morgan fingerprint density at radius 3 is 2.39 bits per heavy atom. The van der Waals surface area contributed by atoms with Gasteiger partial charge in [-0.05, 0) is 50.6 Å². The first-order valence-corrected chi connectivity index (χ1v) is 7.29. The Hall–Kier alpha value is -2.76. The zero-order valence-corrected chi connectivity index (χ0v) is 13.6. The van der Waals surface area contributed by atoms with E-state index in [1.165, 1.54) is 0 Å². The van der Waals surface area contributed by atoms with Crippen LogP contribution in [0, 0.1) is 13.8 Å². The molecule has 0 aliphatic carbocycles. The maximum Gasteiger partial charge on any atom is 0.355 e. The molecule has 0 spiro atoms. The standard InChI is InChI=1S/C17H20N2O4/c1-5-23-17(21)15-10(2)14(11(3)18-15)16(20)19-12-6-8-13(22-4)9-7-12/h6-9,18H,5H2,1-4H3,(H,19,20). The fraction of sp³-hybridized carbons (Fsp3) is 0.294. The topological polar surface area (TPSA) is 80.4 Å². The van der Waals surface area contributed by atoms with E-state index in [0.29, 0.717) is 34.0 Å². The monoisotopic (exact) mass is 316 g/mol. The predicted molar refractivity (Wildman–Crippen MR) is 87.2 cm³/mol. The van der Waals surface area contributed by atoms with Crippen molar-refractivity contribution < 1.29 is 19.1 Å². The SMILES string of the molecule is CCOC(=O)c1[nH]c(C)c(C(=O)Nc2ccc(OC)cc2)c1C. The molecule has 0 aliphatic heterocycles. The van der Waals surface area contributed by atoms with Crippen LogP contribution in [0.3, 0.4) is 0 Å². The molecule has 0 fully saturated rings. The minimum absolute atomic E-state index is 0.281. The Kier molecular flexibility index (Phi) is 5.05. The van der Waals surface area contributed by atoms with Gasteiger partial charge in [0.25, 0.3) is 5.91 Å². The molecule has 0 bridgehead atoms. The number of nitrogens with one attached hydrogen (secondary N) is 2. The number of ether oxygens (including phenoxy) is 2.